The highest BCUT2D eigenvalue weighted by Gasteiger charge is 2.23. The molecule has 1 aromatic carbocycles. The molecule has 0 bridgehead atoms. The van der Waals surface area contributed by atoms with Gasteiger partial charge >= 0.3 is 0 Å². The number of thiazole rings is 1. The third-order valence-corrected chi connectivity index (χ3v) is 6.92. The van der Waals surface area contributed by atoms with Crippen LogP contribution in [0.4, 0.5) is 5.13 Å². The summed E-state index contributed by atoms with van der Waals surface area (Å²) in [6.45, 7) is 2.30. The van der Waals surface area contributed by atoms with E-state index in [1.165, 1.54) is 23.7 Å². The van der Waals surface area contributed by atoms with Crippen molar-refractivity contribution in [2.45, 2.75) is 6.54 Å². The summed E-state index contributed by atoms with van der Waals surface area (Å²) in [7, 11) is 0. The predicted molar refractivity (Wildman–Crippen MR) is 123 cm³/mol. The fourth-order valence-electron chi connectivity index (χ4n) is 3.42. The molecule has 1 aliphatic heterocycles. The molecule has 0 amide bonds. The zero-order valence-corrected chi connectivity index (χ0v) is 18.9. The number of hydrogen-bond donors (Lipinski definition) is 0. The van der Waals surface area contributed by atoms with Crippen LogP contribution in [0.15, 0.2) is 45.8 Å². The molecule has 164 valence electrons. The van der Waals surface area contributed by atoms with E-state index < -0.39 is 5.56 Å². The average Bonchev–Trinajstić information content (AvgIpc) is 3.49. The van der Waals surface area contributed by atoms with Gasteiger partial charge in [-0.05, 0) is 30.3 Å². The summed E-state index contributed by atoms with van der Waals surface area (Å²) < 4.78 is 12.7. The molecule has 32 heavy (non-hydrogen) atoms. The number of fused-ring (bicyclic) bond motifs is 1. The maximum atomic E-state index is 13.2. The minimum atomic E-state index is -0.445. The normalized spacial score (nSPS) is 14.2. The first-order valence-electron chi connectivity index (χ1n) is 9.78. The van der Waals surface area contributed by atoms with E-state index in [9.17, 15) is 9.59 Å². The largest absolute Gasteiger partial charge is 0.463 e. The van der Waals surface area contributed by atoms with Crippen LogP contribution in [0, 0.1) is 0 Å². The molecule has 4 aromatic rings. The van der Waals surface area contributed by atoms with E-state index in [1.807, 2.05) is 0 Å². The van der Waals surface area contributed by atoms with Gasteiger partial charge in [0.05, 0.1) is 34.2 Å². The van der Waals surface area contributed by atoms with Crippen LogP contribution in [0.3, 0.4) is 0 Å². The van der Waals surface area contributed by atoms with Crippen molar-refractivity contribution in [2.75, 3.05) is 31.2 Å². The lowest BCUT2D eigenvalue weighted by atomic mass is 10.1. The van der Waals surface area contributed by atoms with Crippen LogP contribution in [0.1, 0.15) is 10.4 Å². The quantitative estimate of drug-likeness (QED) is 0.388. The summed E-state index contributed by atoms with van der Waals surface area (Å²) in [4.78, 5) is 32.7. The van der Waals surface area contributed by atoms with Gasteiger partial charge in [0.2, 0.25) is 0 Å². The van der Waals surface area contributed by atoms with E-state index in [1.54, 1.807) is 24.3 Å². The van der Waals surface area contributed by atoms with Gasteiger partial charge < -0.3 is 14.1 Å². The summed E-state index contributed by atoms with van der Waals surface area (Å²) in [5, 5.41) is 5.78. The number of carbonyl (C=O) groups excluding carboxylic acids is 1. The van der Waals surface area contributed by atoms with Crippen molar-refractivity contribution in [1.82, 2.24) is 14.8 Å². The Morgan fingerprint density at radius 2 is 1.97 bits per heavy atom. The zero-order chi connectivity index (χ0) is 22.2. The van der Waals surface area contributed by atoms with Crippen molar-refractivity contribution in [1.29, 1.82) is 0 Å². The molecule has 3 aromatic heterocycles. The second kappa shape index (κ2) is 8.67. The van der Waals surface area contributed by atoms with E-state index in [0.29, 0.717) is 58.2 Å². The molecule has 0 N–H and O–H groups in total. The van der Waals surface area contributed by atoms with Crippen molar-refractivity contribution in [3.8, 4) is 11.5 Å². The Kier molecular flexibility index (Phi) is 5.73. The number of hydrogen-bond acceptors (Lipinski definition) is 8. The maximum Gasteiger partial charge on any atom is 0.294 e. The molecular formula is C21H16Cl2N4O4S. The number of morpholine rings is 1. The fraction of sp³-hybridized carbons (Fsp3) is 0.238. The highest BCUT2D eigenvalue weighted by atomic mass is 35.5. The van der Waals surface area contributed by atoms with Crippen LogP contribution in [-0.2, 0) is 11.3 Å². The lowest BCUT2D eigenvalue weighted by molar-refractivity contribution is 0.0966. The van der Waals surface area contributed by atoms with Crippen molar-refractivity contribution in [3.05, 3.63) is 62.6 Å². The second-order valence-electron chi connectivity index (χ2n) is 7.11. The number of benzene rings is 1. The van der Waals surface area contributed by atoms with E-state index in [0.717, 1.165) is 4.68 Å². The number of furan rings is 1. The summed E-state index contributed by atoms with van der Waals surface area (Å²) in [6, 6.07) is 8.07. The highest BCUT2D eigenvalue weighted by molar-refractivity contribution is 7.22. The minimum Gasteiger partial charge on any atom is -0.463 e. The predicted octanol–water partition coefficient (Wildman–Crippen LogP) is 4.14. The number of ether oxygens (including phenoxy) is 1. The fourth-order valence-corrected chi connectivity index (χ4v) is 4.81. The van der Waals surface area contributed by atoms with Crippen LogP contribution >= 0.6 is 34.5 Å². The topological polar surface area (TPSA) is 90.5 Å². The molecule has 5 rings (SSSR count). The van der Waals surface area contributed by atoms with Gasteiger partial charge in [-0.1, -0.05) is 34.5 Å². The number of rotatable bonds is 5. The van der Waals surface area contributed by atoms with Crippen molar-refractivity contribution >= 4 is 55.7 Å². The highest BCUT2D eigenvalue weighted by Crippen LogP contribution is 2.34. The van der Waals surface area contributed by atoms with E-state index in [2.05, 4.69) is 15.0 Å². The molecule has 0 atom stereocenters. The maximum absolute atomic E-state index is 13.2. The molecule has 1 aliphatic rings. The smallest absolute Gasteiger partial charge is 0.294 e. The number of anilines is 1. The van der Waals surface area contributed by atoms with Crippen molar-refractivity contribution in [2.24, 2.45) is 0 Å². The zero-order valence-electron chi connectivity index (χ0n) is 16.6. The molecule has 0 aliphatic carbocycles. The van der Waals surface area contributed by atoms with Gasteiger partial charge in [-0.15, -0.1) is 0 Å². The minimum absolute atomic E-state index is 0.250. The average molecular weight is 491 g/mol. The van der Waals surface area contributed by atoms with Crippen molar-refractivity contribution in [3.63, 3.8) is 0 Å². The second-order valence-corrected chi connectivity index (χ2v) is 8.91. The molecule has 1 fully saturated rings. The number of aromatic nitrogens is 3. The molecule has 0 saturated carbocycles. The molecule has 4 heterocycles. The summed E-state index contributed by atoms with van der Waals surface area (Å²) in [5.41, 5.74) is 0.600. The van der Waals surface area contributed by atoms with Crippen LogP contribution in [-0.4, -0.2) is 46.9 Å². The number of halogens is 2. The molecule has 8 nitrogen and oxygen atoms in total. The number of Topliss-reactive ketones (excluding diaryl/α,β-unsaturated/α-hetero) is 1. The van der Waals surface area contributed by atoms with Gasteiger partial charge in [-0.3, -0.25) is 9.59 Å². The number of nitrogens with zero attached hydrogens (tertiary/aromatic N) is 4. The number of carbonyl (C=O) groups is 1. The molecule has 0 unspecified atom stereocenters. The Morgan fingerprint density at radius 3 is 2.69 bits per heavy atom. The lowest BCUT2D eigenvalue weighted by Crippen LogP contribution is -2.36. The Balaban J connectivity index is 1.59. The Bertz CT molecular complexity index is 1360. The standard InChI is InChI=1S/C21H16Cl2N4O4S/c22-13-4-3-12(10-14(13)23)15(28)11-27-20(29)18-19(17(25-27)16-2-1-7-31-16)32-21(24-18)26-5-8-30-9-6-26/h1-4,7,10H,5-6,8-9,11H2. The van der Waals surface area contributed by atoms with Crippen LogP contribution in [0.25, 0.3) is 21.7 Å². The molecule has 0 spiro atoms. The molecular weight excluding hydrogens is 475 g/mol. The summed E-state index contributed by atoms with van der Waals surface area (Å²) in [5.74, 6) is 0.162. The Morgan fingerprint density at radius 1 is 1.16 bits per heavy atom. The summed E-state index contributed by atoms with van der Waals surface area (Å²) in [6.07, 6.45) is 1.53. The monoisotopic (exact) mass is 490 g/mol. The van der Waals surface area contributed by atoms with E-state index in [4.69, 9.17) is 32.4 Å². The molecule has 0 radical (unpaired) electrons. The van der Waals surface area contributed by atoms with Gasteiger partial charge in [0, 0.05) is 18.7 Å². The lowest BCUT2D eigenvalue weighted by Gasteiger charge is -2.25. The van der Waals surface area contributed by atoms with E-state index in [-0.39, 0.29) is 22.9 Å². The third-order valence-electron chi connectivity index (χ3n) is 5.06. The van der Waals surface area contributed by atoms with Crippen LogP contribution in [0.5, 0.6) is 0 Å². The molecule has 11 heteroatoms. The van der Waals surface area contributed by atoms with Crippen molar-refractivity contribution < 1.29 is 13.9 Å². The van der Waals surface area contributed by atoms with E-state index >= 15 is 0 Å². The molecule has 1 saturated heterocycles. The first-order valence-corrected chi connectivity index (χ1v) is 11.3. The van der Waals surface area contributed by atoms with Gasteiger partial charge in [0.25, 0.3) is 5.56 Å². The summed E-state index contributed by atoms with van der Waals surface area (Å²) >= 11 is 13.4. The van der Waals surface area contributed by atoms with Gasteiger partial charge in [-0.25, -0.2) is 9.67 Å². The Hall–Kier alpha value is -2.72. The third kappa shape index (κ3) is 3.93. The van der Waals surface area contributed by atoms with Gasteiger partial charge in [-0.2, -0.15) is 5.10 Å². The van der Waals surface area contributed by atoms with Gasteiger partial charge in [0.1, 0.15) is 12.2 Å². The SMILES string of the molecule is O=C(Cn1nc(-c2ccco2)c2sc(N3CCOCC3)nc2c1=O)c1ccc(Cl)c(Cl)c1. The first kappa shape index (κ1) is 21.1. The first-order chi connectivity index (χ1) is 15.5. The van der Waals surface area contributed by atoms with Crippen LogP contribution in [0.2, 0.25) is 10.0 Å². The number of ketones is 1. The van der Waals surface area contributed by atoms with Crippen LogP contribution < -0.4 is 10.5 Å². The Labute approximate surface area is 195 Å². The van der Waals surface area contributed by atoms with Gasteiger partial charge in [0.15, 0.2) is 22.2 Å².